The molecule has 7 heteroatoms. The van der Waals surface area contributed by atoms with Crippen LogP contribution in [0.15, 0.2) is 54.6 Å². The summed E-state index contributed by atoms with van der Waals surface area (Å²) < 4.78 is 7.61. The van der Waals surface area contributed by atoms with Crippen molar-refractivity contribution in [2.24, 2.45) is 5.92 Å². The lowest BCUT2D eigenvalue weighted by molar-refractivity contribution is -0.132. The number of carbonyl (C=O) groups excluding carboxylic acids is 2. The van der Waals surface area contributed by atoms with Crippen molar-refractivity contribution in [2.45, 2.75) is 52.1 Å². The minimum Gasteiger partial charge on any atom is -0.444 e. The van der Waals surface area contributed by atoms with E-state index >= 15 is 0 Å². The van der Waals surface area contributed by atoms with Gasteiger partial charge in [0.15, 0.2) is 0 Å². The van der Waals surface area contributed by atoms with Gasteiger partial charge >= 0.3 is 6.09 Å². The van der Waals surface area contributed by atoms with E-state index in [2.05, 4.69) is 22.8 Å². The van der Waals surface area contributed by atoms with Crippen molar-refractivity contribution in [2.75, 3.05) is 26.7 Å². The molecule has 1 aliphatic heterocycles. The van der Waals surface area contributed by atoms with Crippen LogP contribution in [0.1, 0.15) is 45.9 Å². The van der Waals surface area contributed by atoms with Crippen molar-refractivity contribution in [1.82, 2.24) is 19.4 Å². The molecule has 0 aliphatic carbocycles. The van der Waals surface area contributed by atoms with Gasteiger partial charge in [-0.3, -0.25) is 9.36 Å². The summed E-state index contributed by atoms with van der Waals surface area (Å²) in [5, 5.41) is 0. The topological polar surface area (TPSA) is 67.7 Å². The second kappa shape index (κ2) is 10.5. The predicted molar refractivity (Wildman–Crippen MR) is 138 cm³/mol. The summed E-state index contributed by atoms with van der Waals surface area (Å²) in [5.41, 5.74) is 2.55. The van der Waals surface area contributed by atoms with E-state index in [1.807, 2.05) is 62.1 Å². The van der Waals surface area contributed by atoms with Crippen molar-refractivity contribution in [3.05, 3.63) is 60.4 Å². The molecule has 7 nitrogen and oxygen atoms in total. The van der Waals surface area contributed by atoms with Crippen molar-refractivity contribution in [3.63, 3.8) is 0 Å². The van der Waals surface area contributed by atoms with Gasteiger partial charge in [0, 0.05) is 45.2 Å². The van der Waals surface area contributed by atoms with Crippen LogP contribution in [0, 0.1) is 5.92 Å². The third kappa shape index (κ3) is 6.21. The van der Waals surface area contributed by atoms with Crippen LogP contribution < -0.4 is 0 Å². The van der Waals surface area contributed by atoms with Crippen LogP contribution in [0.2, 0.25) is 0 Å². The zero-order valence-corrected chi connectivity index (χ0v) is 21.2. The van der Waals surface area contributed by atoms with Gasteiger partial charge in [0.05, 0.1) is 11.0 Å². The standard InChI is InChI=1S/C28H36N4O3/c1-28(2,3)35-27(34)30(4)20-21-16-18-31(19-17-21)26(33)15-14-25-29-23-12-8-9-13-24(23)32(25)22-10-6-5-7-11-22/h5-13,21H,14-20H2,1-4H3. The van der Waals surface area contributed by atoms with E-state index in [9.17, 15) is 9.59 Å². The second-order valence-corrected chi connectivity index (χ2v) is 10.4. The van der Waals surface area contributed by atoms with Crippen LogP contribution in [0.25, 0.3) is 16.7 Å². The molecule has 0 bridgehead atoms. The number of hydrogen-bond acceptors (Lipinski definition) is 4. The van der Waals surface area contributed by atoms with E-state index in [4.69, 9.17) is 9.72 Å². The lowest BCUT2D eigenvalue weighted by atomic mass is 9.96. The van der Waals surface area contributed by atoms with Crippen molar-refractivity contribution < 1.29 is 14.3 Å². The van der Waals surface area contributed by atoms with Gasteiger partial charge in [-0.2, -0.15) is 0 Å². The summed E-state index contributed by atoms with van der Waals surface area (Å²) in [4.78, 5) is 33.7. The fraction of sp³-hybridized carbons (Fsp3) is 0.464. The maximum absolute atomic E-state index is 13.0. The molecule has 1 aliphatic rings. The van der Waals surface area contributed by atoms with Gasteiger partial charge in [-0.15, -0.1) is 0 Å². The number of aryl methyl sites for hydroxylation is 1. The zero-order chi connectivity index (χ0) is 25.0. The van der Waals surface area contributed by atoms with Gasteiger partial charge in [0.2, 0.25) is 5.91 Å². The molecule has 35 heavy (non-hydrogen) atoms. The summed E-state index contributed by atoms with van der Waals surface area (Å²) in [6, 6.07) is 18.3. The molecule has 0 N–H and O–H groups in total. The third-order valence-electron chi connectivity index (χ3n) is 6.41. The number of amides is 2. The quantitative estimate of drug-likeness (QED) is 0.499. The van der Waals surface area contributed by atoms with Crippen LogP contribution in [0.3, 0.4) is 0 Å². The zero-order valence-electron chi connectivity index (χ0n) is 21.2. The SMILES string of the molecule is CN(CC1CCN(C(=O)CCc2nc3ccccc3n2-c2ccccc2)CC1)C(=O)OC(C)(C)C. The Bertz CT molecular complexity index is 1160. The molecule has 0 atom stereocenters. The number of benzene rings is 2. The first kappa shape index (κ1) is 24.8. The number of piperidine rings is 1. The van der Waals surface area contributed by atoms with Crippen molar-refractivity contribution in [3.8, 4) is 5.69 Å². The number of hydrogen-bond donors (Lipinski definition) is 0. The first-order valence-corrected chi connectivity index (χ1v) is 12.4. The molecule has 0 radical (unpaired) electrons. The van der Waals surface area contributed by atoms with Crippen molar-refractivity contribution >= 4 is 23.0 Å². The Morgan fingerprint density at radius 1 is 1.03 bits per heavy atom. The Morgan fingerprint density at radius 3 is 2.37 bits per heavy atom. The molecule has 0 saturated carbocycles. The first-order valence-electron chi connectivity index (χ1n) is 12.4. The summed E-state index contributed by atoms with van der Waals surface area (Å²) in [7, 11) is 1.78. The highest BCUT2D eigenvalue weighted by Gasteiger charge is 2.27. The summed E-state index contributed by atoms with van der Waals surface area (Å²) in [6.45, 7) is 7.72. The summed E-state index contributed by atoms with van der Waals surface area (Å²) in [6.07, 6.45) is 2.50. The molecule has 2 aromatic carbocycles. The Morgan fingerprint density at radius 2 is 1.69 bits per heavy atom. The van der Waals surface area contributed by atoms with E-state index in [0.717, 1.165) is 48.5 Å². The highest BCUT2D eigenvalue weighted by molar-refractivity contribution is 5.79. The predicted octanol–water partition coefficient (Wildman–Crippen LogP) is 5.06. The number of fused-ring (bicyclic) bond motifs is 1. The number of imidazole rings is 1. The first-order chi connectivity index (χ1) is 16.7. The monoisotopic (exact) mass is 476 g/mol. The molecule has 3 aromatic rings. The van der Waals surface area contributed by atoms with Crippen molar-refractivity contribution in [1.29, 1.82) is 0 Å². The molecule has 0 spiro atoms. The second-order valence-electron chi connectivity index (χ2n) is 10.4. The van der Waals surface area contributed by atoms with E-state index < -0.39 is 5.60 Å². The number of likely N-dealkylation sites (tertiary alicyclic amines) is 1. The van der Waals surface area contributed by atoms with Gasteiger partial charge in [0.1, 0.15) is 11.4 Å². The fourth-order valence-electron chi connectivity index (χ4n) is 4.65. The lowest BCUT2D eigenvalue weighted by Crippen LogP contribution is -2.43. The lowest BCUT2D eigenvalue weighted by Gasteiger charge is -2.34. The number of para-hydroxylation sites is 3. The average molecular weight is 477 g/mol. The summed E-state index contributed by atoms with van der Waals surface area (Å²) in [5.74, 6) is 1.44. The van der Waals surface area contributed by atoms with E-state index in [0.29, 0.717) is 25.3 Å². The highest BCUT2D eigenvalue weighted by atomic mass is 16.6. The highest BCUT2D eigenvalue weighted by Crippen LogP contribution is 2.24. The number of rotatable bonds is 6. The van der Waals surface area contributed by atoms with Gasteiger partial charge in [-0.25, -0.2) is 9.78 Å². The van der Waals surface area contributed by atoms with Crippen LogP contribution in [0.4, 0.5) is 4.79 Å². The van der Waals surface area contributed by atoms with Gasteiger partial charge in [0.25, 0.3) is 0 Å². The fourth-order valence-corrected chi connectivity index (χ4v) is 4.65. The van der Waals surface area contributed by atoms with Gasteiger partial charge in [-0.05, 0) is 63.8 Å². The maximum Gasteiger partial charge on any atom is 0.410 e. The van der Waals surface area contributed by atoms with E-state index in [1.54, 1.807) is 11.9 Å². The molecule has 2 amide bonds. The largest absolute Gasteiger partial charge is 0.444 e. The van der Waals surface area contributed by atoms with Crippen LogP contribution in [0.5, 0.6) is 0 Å². The Labute approximate surface area is 207 Å². The molecular weight excluding hydrogens is 440 g/mol. The third-order valence-corrected chi connectivity index (χ3v) is 6.41. The minimum atomic E-state index is -0.498. The Hall–Kier alpha value is -3.35. The normalized spacial score (nSPS) is 14.8. The molecule has 186 valence electrons. The molecule has 0 unspecified atom stereocenters. The van der Waals surface area contributed by atoms with Crippen LogP contribution >= 0.6 is 0 Å². The van der Waals surface area contributed by atoms with Gasteiger partial charge in [-0.1, -0.05) is 30.3 Å². The number of ether oxygens (including phenoxy) is 1. The van der Waals surface area contributed by atoms with Gasteiger partial charge < -0.3 is 14.5 Å². The van der Waals surface area contributed by atoms with Crippen LogP contribution in [-0.4, -0.2) is 63.6 Å². The molecule has 1 aromatic heterocycles. The minimum absolute atomic E-state index is 0.163. The molecule has 4 rings (SSSR count). The average Bonchev–Trinajstić information content (AvgIpc) is 3.21. The maximum atomic E-state index is 13.0. The Balaban J connectivity index is 1.33. The van der Waals surface area contributed by atoms with E-state index in [1.165, 1.54) is 0 Å². The Kier molecular flexibility index (Phi) is 7.43. The smallest absolute Gasteiger partial charge is 0.410 e. The molecule has 1 saturated heterocycles. The summed E-state index contributed by atoms with van der Waals surface area (Å²) >= 11 is 0. The molecule has 2 heterocycles. The van der Waals surface area contributed by atoms with Crippen LogP contribution in [-0.2, 0) is 16.0 Å². The molecule has 1 fully saturated rings. The molecular formula is C28H36N4O3. The number of carbonyl (C=O) groups is 2. The number of aromatic nitrogens is 2. The number of nitrogens with zero attached hydrogens (tertiary/aromatic N) is 4. The van der Waals surface area contributed by atoms with E-state index in [-0.39, 0.29) is 12.0 Å².